The number of rotatable bonds is 7. The second kappa shape index (κ2) is 9.36. The average molecular weight is 446 g/mol. The summed E-state index contributed by atoms with van der Waals surface area (Å²) in [6, 6.07) is 5.49. The zero-order valence-corrected chi connectivity index (χ0v) is 19.1. The SMILES string of the molecule is [C-]#[N+]c1ccc(-c2ncc(CCNC(=O)OC(C)(C)C)cn2)c(Cn2cc(C3CC3)nn2)c1. The Hall–Kier alpha value is -3.80. The summed E-state index contributed by atoms with van der Waals surface area (Å²) in [5, 5.41) is 11.3. The van der Waals surface area contributed by atoms with Gasteiger partial charge in [-0.2, -0.15) is 0 Å². The number of benzene rings is 1. The number of carbonyl (C=O) groups is 1. The van der Waals surface area contributed by atoms with Gasteiger partial charge in [-0.05, 0) is 51.2 Å². The summed E-state index contributed by atoms with van der Waals surface area (Å²) in [5.74, 6) is 1.11. The smallest absolute Gasteiger partial charge is 0.407 e. The molecule has 0 aliphatic heterocycles. The van der Waals surface area contributed by atoms with E-state index in [0.717, 1.165) is 22.4 Å². The third kappa shape index (κ3) is 6.13. The van der Waals surface area contributed by atoms with Gasteiger partial charge >= 0.3 is 6.09 Å². The predicted molar refractivity (Wildman–Crippen MR) is 123 cm³/mol. The van der Waals surface area contributed by atoms with Crippen LogP contribution in [0.2, 0.25) is 0 Å². The minimum absolute atomic E-state index is 0.429. The van der Waals surface area contributed by atoms with Crippen molar-refractivity contribution >= 4 is 11.8 Å². The lowest BCUT2D eigenvalue weighted by Gasteiger charge is -2.19. The van der Waals surface area contributed by atoms with Crippen molar-refractivity contribution in [2.45, 2.75) is 58.1 Å². The maximum Gasteiger partial charge on any atom is 0.407 e. The zero-order chi connectivity index (χ0) is 23.4. The molecule has 33 heavy (non-hydrogen) atoms. The fourth-order valence-corrected chi connectivity index (χ4v) is 3.38. The highest BCUT2D eigenvalue weighted by molar-refractivity contribution is 5.67. The van der Waals surface area contributed by atoms with E-state index in [4.69, 9.17) is 11.3 Å². The van der Waals surface area contributed by atoms with Gasteiger partial charge in [-0.3, -0.25) is 0 Å². The molecule has 4 rings (SSSR count). The van der Waals surface area contributed by atoms with E-state index in [9.17, 15) is 4.79 Å². The van der Waals surface area contributed by atoms with Gasteiger partial charge in [-0.15, -0.1) is 5.10 Å². The molecule has 2 heterocycles. The lowest BCUT2D eigenvalue weighted by atomic mass is 10.1. The van der Waals surface area contributed by atoms with Crippen molar-refractivity contribution in [3.05, 3.63) is 65.0 Å². The monoisotopic (exact) mass is 445 g/mol. The molecule has 1 aromatic carbocycles. The minimum atomic E-state index is -0.527. The van der Waals surface area contributed by atoms with E-state index in [1.165, 1.54) is 12.8 Å². The van der Waals surface area contributed by atoms with Gasteiger partial charge < -0.3 is 10.1 Å². The largest absolute Gasteiger partial charge is 0.444 e. The third-order valence-corrected chi connectivity index (χ3v) is 5.13. The van der Waals surface area contributed by atoms with Gasteiger partial charge in [0, 0.05) is 36.6 Å². The molecule has 1 aliphatic carbocycles. The Labute approximate surface area is 193 Å². The molecular formula is C24H27N7O2. The van der Waals surface area contributed by atoms with Crippen LogP contribution < -0.4 is 5.32 Å². The summed E-state index contributed by atoms with van der Waals surface area (Å²) in [6.45, 7) is 13.8. The molecule has 0 bridgehead atoms. The molecular weight excluding hydrogens is 418 g/mol. The standard InChI is InChI=1S/C24H27N7O2/c1-24(2,3)33-23(32)26-10-9-16-12-27-22(28-13-16)20-8-7-19(25-4)11-18(20)14-31-15-21(29-30-31)17-5-6-17/h7-8,11-13,15,17H,5-6,9-10,14H2,1-3H3,(H,26,32). The van der Waals surface area contributed by atoms with Crippen LogP contribution in [0.25, 0.3) is 16.2 Å². The average Bonchev–Trinajstić information content (AvgIpc) is 3.52. The summed E-state index contributed by atoms with van der Waals surface area (Å²) < 4.78 is 7.04. The normalized spacial score (nSPS) is 13.4. The molecule has 1 saturated carbocycles. The summed E-state index contributed by atoms with van der Waals surface area (Å²) in [4.78, 5) is 24.4. The first-order valence-corrected chi connectivity index (χ1v) is 11.0. The Balaban J connectivity index is 1.44. The van der Waals surface area contributed by atoms with Gasteiger partial charge in [0.2, 0.25) is 0 Å². The molecule has 1 aliphatic rings. The molecule has 1 amide bonds. The maximum absolute atomic E-state index is 11.8. The highest BCUT2D eigenvalue weighted by Crippen LogP contribution is 2.38. The van der Waals surface area contributed by atoms with E-state index in [0.29, 0.717) is 36.9 Å². The molecule has 0 atom stereocenters. The Morgan fingerprint density at radius 3 is 2.70 bits per heavy atom. The lowest BCUT2D eigenvalue weighted by molar-refractivity contribution is 0.0528. The summed E-state index contributed by atoms with van der Waals surface area (Å²) >= 11 is 0. The van der Waals surface area contributed by atoms with Crippen LogP contribution in [-0.2, 0) is 17.7 Å². The maximum atomic E-state index is 11.8. The molecule has 1 N–H and O–H groups in total. The van der Waals surface area contributed by atoms with Gasteiger partial charge in [-0.25, -0.2) is 24.3 Å². The van der Waals surface area contributed by atoms with Crippen LogP contribution in [0.5, 0.6) is 0 Å². The Morgan fingerprint density at radius 1 is 1.27 bits per heavy atom. The first kappa shape index (κ1) is 22.4. The number of amides is 1. The molecule has 0 unspecified atom stereocenters. The number of carbonyl (C=O) groups excluding carboxylic acids is 1. The van der Waals surface area contributed by atoms with E-state index >= 15 is 0 Å². The van der Waals surface area contributed by atoms with Crippen molar-refractivity contribution in [3.63, 3.8) is 0 Å². The third-order valence-electron chi connectivity index (χ3n) is 5.13. The van der Waals surface area contributed by atoms with Crippen LogP contribution in [0, 0.1) is 6.57 Å². The van der Waals surface area contributed by atoms with Crippen LogP contribution >= 0.6 is 0 Å². The van der Waals surface area contributed by atoms with E-state index in [-0.39, 0.29) is 0 Å². The highest BCUT2D eigenvalue weighted by atomic mass is 16.6. The highest BCUT2D eigenvalue weighted by Gasteiger charge is 2.26. The molecule has 0 spiro atoms. The number of hydrogen-bond acceptors (Lipinski definition) is 6. The minimum Gasteiger partial charge on any atom is -0.444 e. The number of alkyl carbamates (subject to hydrolysis) is 1. The Morgan fingerprint density at radius 2 is 2.03 bits per heavy atom. The topological polar surface area (TPSA) is 99.2 Å². The number of nitrogens with one attached hydrogen (secondary N) is 1. The molecule has 0 radical (unpaired) electrons. The first-order valence-electron chi connectivity index (χ1n) is 11.0. The van der Waals surface area contributed by atoms with Crippen molar-refractivity contribution in [1.82, 2.24) is 30.3 Å². The van der Waals surface area contributed by atoms with Crippen molar-refractivity contribution in [2.75, 3.05) is 6.54 Å². The van der Waals surface area contributed by atoms with Gasteiger partial charge in [0.15, 0.2) is 11.5 Å². The summed E-state index contributed by atoms with van der Waals surface area (Å²) in [7, 11) is 0. The van der Waals surface area contributed by atoms with Gasteiger partial charge in [0.05, 0.1) is 18.8 Å². The van der Waals surface area contributed by atoms with E-state index < -0.39 is 11.7 Å². The second-order valence-electron chi connectivity index (χ2n) is 9.16. The van der Waals surface area contributed by atoms with Gasteiger partial charge in [-0.1, -0.05) is 23.4 Å². The van der Waals surface area contributed by atoms with E-state index in [1.54, 1.807) is 23.1 Å². The van der Waals surface area contributed by atoms with Gasteiger partial charge in [0.1, 0.15) is 5.60 Å². The Kier molecular flexibility index (Phi) is 6.36. The summed E-state index contributed by atoms with van der Waals surface area (Å²) in [6.07, 6.45) is 7.98. The molecule has 9 nitrogen and oxygen atoms in total. The molecule has 1 fully saturated rings. The molecule has 2 aromatic heterocycles. The molecule has 0 saturated heterocycles. The van der Waals surface area contributed by atoms with Crippen molar-refractivity contribution in [2.24, 2.45) is 0 Å². The van der Waals surface area contributed by atoms with Crippen LogP contribution in [0.4, 0.5) is 10.5 Å². The fraction of sp³-hybridized carbons (Fsp3) is 0.417. The summed E-state index contributed by atoms with van der Waals surface area (Å²) in [5.41, 5.74) is 3.72. The molecule has 3 aromatic rings. The van der Waals surface area contributed by atoms with Crippen LogP contribution in [0.3, 0.4) is 0 Å². The van der Waals surface area contributed by atoms with Crippen molar-refractivity contribution in [1.29, 1.82) is 0 Å². The van der Waals surface area contributed by atoms with Crippen LogP contribution in [0.15, 0.2) is 36.8 Å². The molecule has 9 heteroatoms. The number of hydrogen-bond donors (Lipinski definition) is 1. The predicted octanol–water partition coefficient (Wildman–Crippen LogP) is 4.28. The van der Waals surface area contributed by atoms with E-state index in [2.05, 4.69) is 30.4 Å². The van der Waals surface area contributed by atoms with E-state index in [1.807, 2.05) is 39.1 Å². The zero-order valence-electron chi connectivity index (χ0n) is 19.1. The first-order chi connectivity index (χ1) is 15.8. The lowest BCUT2D eigenvalue weighted by Crippen LogP contribution is -2.33. The number of ether oxygens (including phenoxy) is 1. The fourth-order valence-electron chi connectivity index (χ4n) is 3.38. The van der Waals surface area contributed by atoms with Crippen molar-refractivity contribution < 1.29 is 9.53 Å². The van der Waals surface area contributed by atoms with Gasteiger partial charge in [0.25, 0.3) is 0 Å². The Bertz CT molecular complexity index is 1170. The number of nitrogens with zero attached hydrogens (tertiary/aromatic N) is 6. The van der Waals surface area contributed by atoms with Crippen molar-refractivity contribution in [3.8, 4) is 11.4 Å². The van der Waals surface area contributed by atoms with Crippen LogP contribution in [-0.4, -0.2) is 43.2 Å². The number of aromatic nitrogens is 5. The quantitative estimate of drug-likeness (QED) is 0.545. The van der Waals surface area contributed by atoms with Crippen LogP contribution in [0.1, 0.15) is 56.4 Å². The second-order valence-corrected chi connectivity index (χ2v) is 9.16. The molecule has 170 valence electrons.